The van der Waals surface area contributed by atoms with Crippen molar-refractivity contribution in [3.63, 3.8) is 0 Å². The molecule has 0 radical (unpaired) electrons. The van der Waals surface area contributed by atoms with Crippen molar-refractivity contribution in [2.75, 3.05) is 19.6 Å². The number of rotatable bonds is 5. The fourth-order valence-electron chi connectivity index (χ4n) is 3.43. The Morgan fingerprint density at radius 1 is 1.10 bits per heavy atom. The highest BCUT2D eigenvalue weighted by atomic mass is 32.2. The molecule has 2 fully saturated rings. The van der Waals surface area contributed by atoms with Crippen LogP contribution in [0.15, 0.2) is 45.7 Å². The van der Waals surface area contributed by atoms with Crippen LogP contribution >= 0.6 is 11.8 Å². The van der Waals surface area contributed by atoms with Gasteiger partial charge in [0.25, 0.3) is 11.1 Å². The quantitative estimate of drug-likeness (QED) is 0.731. The Bertz CT molecular complexity index is 1070. The number of hydrogen-bond acceptors (Lipinski definition) is 6. The number of aromatic carboxylic acids is 1. The molecule has 2 saturated heterocycles. The minimum absolute atomic E-state index is 0.0964. The van der Waals surface area contributed by atoms with Gasteiger partial charge in [-0.05, 0) is 42.8 Å². The first-order chi connectivity index (χ1) is 14.4. The van der Waals surface area contributed by atoms with Crippen molar-refractivity contribution < 1.29 is 28.7 Å². The first kappa shape index (κ1) is 20.0. The van der Waals surface area contributed by atoms with Gasteiger partial charge in [-0.25, -0.2) is 4.79 Å². The minimum atomic E-state index is -1.08. The van der Waals surface area contributed by atoms with Crippen LogP contribution in [0.2, 0.25) is 0 Å². The van der Waals surface area contributed by atoms with Gasteiger partial charge in [0.15, 0.2) is 0 Å². The second-order valence-electron chi connectivity index (χ2n) is 6.91. The van der Waals surface area contributed by atoms with Crippen LogP contribution in [0.1, 0.15) is 29.0 Å². The van der Waals surface area contributed by atoms with Gasteiger partial charge in [-0.3, -0.25) is 19.3 Å². The molecule has 2 aliphatic rings. The Labute approximate surface area is 176 Å². The zero-order valence-corrected chi connectivity index (χ0v) is 16.7. The number of thioether (sulfide) groups is 1. The van der Waals surface area contributed by atoms with E-state index >= 15 is 0 Å². The molecule has 0 atom stereocenters. The van der Waals surface area contributed by atoms with E-state index in [1.54, 1.807) is 35.2 Å². The molecule has 0 aliphatic carbocycles. The summed E-state index contributed by atoms with van der Waals surface area (Å²) in [6.07, 6.45) is 3.29. The van der Waals surface area contributed by atoms with Crippen LogP contribution < -0.4 is 0 Å². The number of benzene rings is 1. The Morgan fingerprint density at radius 3 is 2.57 bits per heavy atom. The number of furan rings is 1. The predicted molar refractivity (Wildman–Crippen MR) is 110 cm³/mol. The minimum Gasteiger partial charge on any atom is -0.478 e. The van der Waals surface area contributed by atoms with Crippen LogP contribution in [-0.4, -0.2) is 57.6 Å². The summed E-state index contributed by atoms with van der Waals surface area (Å²) in [4.78, 5) is 51.3. The summed E-state index contributed by atoms with van der Waals surface area (Å²) in [7, 11) is 0. The average Bonchev–Trinajstić information content (AvgIpc) is 3.47. The molecule has 1 aromatic heterocycles. The summed E-state index contributed by atoms with van der Waals surface area (Å²) in [5.41, 5.74) is 0.508. The Balaban J connectivity index is 1.52. The van der Waals surface area contributed by atoms with Crippen LogP contribution in [0, 0.1) is 0 Å². The number of amides is 3. The summed E-state index contributed by atoms with van der Waals surface area (Å²) < 4.78 is 5.69. The molecule has 9 heteroatoms. The number of carbonyl (C=O) groups excluding carboxylic acids is 3. The standard InChI is InChI=1S/C21H18N2O6S/c24-18(22-9-3-4-10-22)12-23-19(25)17(30-21(23)28)11-13-7-8-16(29-13)14-5-1-2-6-15(14)20(26)27/h1-2,5-8,11H,3-4,9-10,12H2,(H,26,27)/b17-11-. The number of hydrogen-bond donors (Lipinski definition) is 1. The first-order valence-corrected chi connectivity index (χ1v) is 10.2. The number of likely N-dealkylation sites (tertiary alicyclic amines) is 1. The van der Waals surface area contributed by atoms with Gasteiger partial charge in [0.1, 0.15) is 18.1 Å². The maximum atomic E-state index is 12.6. The molecule has 30 heavy (non-hydrogen) atoms. The highest BCUT2D eigenvalue weighted by Crippen LogP contribution is 2.34. The van der Waals surface area contributed by atoms with Crippen LogP contribution in [0.3, 0.4) is 0 Å². The molecule has 8 nitrogen and oxygen atoms in total. The maximum Gasteiger partial charge on any atom is 0.336 e. The van der Waals surface area contributed by atoms with Gasteiger partial charge in [0, 0.05) is 24.7 Å². The molecule has 4 rings (SSSR count). The van der Waals surface area contributed by atoms with Gasteiger partial charge < -0.3 is 14.4 Å². The van der Waals surface area contributed by atoms with Crippen molar-refractivity contribution >= 4 is 40.9 Å². The molecule has 1 N–H and O–H groups in total. The molecular formula is C21H18N2O6S. The fourth-order valence-corrected chi connectivity index (χ4v) is 4.25. The third-order valence-electron chi connectivity index (χ3n) is 4.95. The van der Waals surface area contributed by atoms with Crippen molar-refractivity contribution in [3.8, 4) is 11.3 Å². The summed E-state index contributed by atoms with van der Waals surface area (Å²) in [5, 5.41) is 8.83. The van der Waals surface area contributed by atoms with Crippen molar-refractivity contribution in [1.82, 2.24) is 9.80 Å². The van der Waals surface area contributed by atoms with E-state index in [0.717, 1.165) is 29.5 Å². The molecule has 1 aromatic carbocycles. The number of carboxylic acid groups (broad SMARTS) is 1. The van der Waals surface area contributed by atoms with Crippen molar-refractivity contribution in [2.24, 2.45) is 0 Å². The van der Waals surface area contributed by atoms with Crippen LogP contribution in [0.25, 0.3) is 17.4 Å². The van der Waals surface area contributed by atoms with Gasteiger partial charge in [0.2, 0.25) is 5.91 Å². The normalized spacial score (nSPS) is 17.9. The van der Waals surface area contributed by atoms with Crippen LogP contribution in [-0.2, 0) is 9.59 Å². The Kier molecular flexibility index (Phi) is 5.45. The van der Waals surface area contributed by atoms with E-state index in [-0.39, 0.29) is 22.9 Å². The van der Waals surface area contributed by atoms with E-state index in [1.807, 2.05) is 0 Å². The van der Waals surface area contributed by atoms with Gasteiger partial charge in [0.05, 0.1) is 10.5 Å². The average molecular weight is 426 g/mol. The third kappa shape index (κ3) is 3.88. The predicted octanol–water partition coefficient (Wildman–Crippen LogP) is 3.30. The molecule has 0 bridgehead atoms. The van der Waals surface area contributed by atoms with Crippen molar-refractivity contribution in [1.29, 1.82) is 0 Å². The molecule has 2 aromatic rings. The van der Waals surface area contributed by atoms with E-state index in [4.69, 9.17) is 4.42 Å². The molecule has 2 aliphatic heterocycles. The molecule has 154 valence electrons. The number of imide groups is 1. The second-order valence-corrected chi connectivity index (χ2v) is 7.90. The second kappa shape index (κ2) is 8.19. The van der Waals surface area contributed by atoms with Crippen molar-refractivity contribution in [3.05, 3.63) is 52.6 Å². The van der Waals surface area contributed by atoms with Gasteiger partial charge in [-0.2, -0.15) is 0 Å². The van der Waals surface area contributed by atoms with E-state index in [1.165, 1.54) is 12.1 Å². The van der Waals surface area contributed by atoms with Gasteiger partial charge in [-0.15, -0.1) is 0 Å². The molecule has 3 heterocycles. The maximum absolute atomic E-state index is 12.6. The van der Waals surface area contributed by atoms with Gasteiger partial charge >= 0.3 is 5.97 Å². The Morgan fingerprint density at radius 2 is 1.83 bits per heavy atom. The lowest BCUT2D eigenvalue weighted by Gasteiger charge is -2.18. The van der Waals surface area contributed by atoms with E-state index in [2.05, 4.69) is 0 Å². The van der Waals surface area contributed by atoms with Crippen LogP contribution in [0.5, 0.6) is 0 Å². The number of carboxylic acids is 1. The lowest BCUT2D eigenvalue weighted by Crippen LogP contribution is -2.40. The fraction of sp³-hybridized carbons (Fsp3) is 0.238. The SMILES string of the molecule is O=C(O)c1ccccc1-c1ccc(/C=C2\SC(=O)N(CC(=O)N3CCCC3)C2=O)o1. The largest absolute Gasteiger partial charge is 0.478 e. The molecule has 0 saturated carbocycles. The monoisotopic (exact) mass is 426 g/mol. The molecule has 0 unspecified atom stereocenters. The van der Waals surface area contributed by atoms with Crippen molar-refractivity contribution in [2.45, 2.75) is 12.8 Å². The summed E-state index contributed by atoms with van der Waals surface area (Å²) in [6.45, 7) is 1.03. The van der Waals surface area contributed by atoms with Gasteiger partial charge in [-0.1, -0.05) is 18.2 Å². The number of nitrogens with zero attached hydrogens (tertiary/aromatic N) is 2. The highest BCUT2D eigenvalue weighted by molar-refractivity contribution is 8.18. The summed E-state index contributed by atoms with van der Waals surface area (Å²) in [6, 6.07) is 9.63. The lowest BCUT2D eigenvalue weighted by atomic mass is 10.1. The highest BCUT2D eigenvalue weighted by Gasteiger charge is 2.37. The number of carbonyl (C=O) groups is 4. The molecule has 0 spiro atoms. The molecular weight excluding hydrogens is 408 g/mol. The van der Waals surface area contributed by atoms with E-state index in [9.17, 15) is 24.3 Å². The molecule has 3 amide bonds. The smallest absolute Gasteiger partial charge is 0.336 e. The lowest BCUT2D eigenvalue weighted by molar-refractivity contribution is -0.135. The topological polar surface area (TPSA) is 108 Å². The summed E-state index contributed by atoms with van der Waals surface area (Å²) in [5.74, 6) is -1.21. The summed E-state index contributed by atoms with van der Waals surface area (Å²) >= 11 is 0.748. The zero-order chi connectivity index (χ0) is 21.3. The van der Waals surface area contributed by atoms with Crippen LogP contribution in [0.4, 0.5) is 4.79 Å². The van der Waals surface area contributed by atoms with E-state index < -0.39 is 17.1 Å². The zero-order valence-electron chi connectivity index (χ0n) is 15.9. The Hall–Kier alpha value is -3.33. The first-order valence-electron chi connectivity index (χ1n) is 9.40. The third-order valence-corrected chi connectivity index (χ3v) is 5.86. The van der Waals surface area contributed by atoms with E-state index in [0.29, 0.717) is 30.2 Å².